The highest BCUT2D eigenvalue weighted by Crippen LogP contribution is 2.34. The quantitative estimate of drug-likeness (QED) is 0.609. The molecule has 1 N–H and O–H groups in total. The molecular formula is C10H11NOS. The molecule has 3 rings (SSSR count). The van der Waals surface area contributed by atoms with Crippen LogP contribution in [0.3, 0.4) is 0 Å². The van der Waals surface area contributed by atoms with Crippen LogP contribution in [0.1, 0.15) is 16.7 Å². The Balaban J connectivity index is 2.10. The molecule has 1 atom stereocenters. The standard InChI is InChI=1S/C10H11NOS/c13-10-3-6-1-7-4-11-5-8(7)2-9(6)12-10/h1-2,10-11,13H,3-5H2. The zero-order chi connectivity index (χ0) is 8.84. The summed E-state index contributed by atoms with van der Waals surface area (Å²) in [7, 11) is 0. The Hall–Kier alpha value is -0.670. The predicted octanol–water partition coefficient (Wildman–Crippen LogP) is 1.48. The maximum absolute atomic E-state index is 5.57. The number of nitrogens with one attached hydrogen (secondary N) is 1. The molecule has 68 valence electrons. The van der Waals surface area contributed by atoms with Crippen molar-refractivity contribution in [3.63, 3.8) is 0 Å². The van der Waals surface area contributed by atoms with Crippen molar-refractivity contribution in [2.24, 2.45) is 0 Å². The van der Waals surface area contributed by atoms with Crippen LogP contribution in [0.2, 0.25) is 0 Å². The van der Waals surface area contributed by atoms with Gasteiger partial charge in [-0.25, -0.2) is 0 Å². The van der Waals surface area contributed by atoms with Crippen LogP contribution in [0.25, 0.3) is 0 Å². The molecular weight excluding hydrogens is 182 g/mol. The van der Waals surface area contributed by atoms with Gasteiger partial charge in [0.2, 0.25) is 0 Å². The molecule has 0 aliphatic carbocycles. The second kappa shape index (κ2) is 2.66. The maximum Gasteiger partial charge on any atom is 0.145 e. The molecule has 3 heteroatoms. The SMILES string of the molecule is SC1Cc2cc3c(cc2O1)CNC3. The first-order chi connectivity index (χ1) is 6.33. The van der Waals surface area contributed by atoms with E-state index in [2.05, 4.69) is 30.1 Å². The van der Waals surface area contributed by atoms with Gasteiger partial charge in [0.05, 0.1) is 0 Å². The van der Waals surface area contributed by atoms with Crippen molar-refractivity contribution in [2.45, 2.75) is 24.9 Å². The van der Waals surface area contributed by atoms with Gasteiger partial charge >= 0.3 is 0 Å². The lowest BCUT2D eigenvalue weighted by Gasteiger charge is -2.03. The Labute approximate surface area is 82.7 Å². The molecule has 0 radical (unpaired) electrons. The summed E-state index contributed by atoms with van der Waals surface area (Å²) in [6.07, 6.45) is 0.936. The normalized spacial score (nSPS) is 23.9. The Kier molecular flexibility index (Phi) is 1.58. The van der Waals surface area contributed by atoms with Crippen LogP contribution in [0.5, 0.6) is 5.75 Å². The first-order valence-corrected chi connectivity index (χ1v) is 5.05. The van der Waals surface area contributed by atoms with Crippen molar-refractivity contribution in [1.29, 1.82) is 0 Å². The number of hydrogen-bond acceptors (Lipinski definition) is 3. The van der Waals surface area contributed by atoms with Gasteiger partial charge in [-0.3, -0.25) is 0 Å². The van der Waals surface area contributed by atoms with E-state index in [1.54, 1.807) is 0 Å². The fraction of sp³-hybridized carbons (Fsp3) is 0.400. The van der Waals surface area contributed by atoms with Gasteiger partial charge in [0.25, 0.3) is 0 Å². The van der Waals surface area contributed by atoms with Crippen LogP contribution < -0.4 is 10.1 Å². The number of ether oxygens (including phenoxy) is 1. The van der Waals surface area contributed by atoms with E-state index in [9.17, 15) is 0 Å². The van der Waals surface area contributed by atoms with Crippen molar-refractivity contribution in [2.75, 3.05) is 0 Å². The summed E-state index contributed by atoms with van der Waals surface area (Å²) in [6.45, 7) is 1.98. The average molecular weight is 193 g/mol. The summed E-state index contributed by atoms with van der Waals surface area (Å²) in [5, 5.41) is 3.33. The lowest BCUT2D eigenvalue weighted by Crippen LogP contribution is -2.02. The number of hydrogen-bond donors (Lipinski definition) is 2. The predicted molar refractivity (Wildman–Crippen MR) is 54.1 cm³/mol. The largest absolute Gasteiger partial charge is 0.479 e. The van der Waals surface area contributed by atoms with E-state index in [0.717, 1.165) is 25.3 Å². The summed E-state index contributed by atoms with van der Waals surface area (Å²) < 4.78 is 5.57. The zero-order valence-electron chi connectivity index (χ0n) is 7.21. The summed E-state index contributed by atoms with van der Waals surface area (Å²) in [6, 6.07) is 4.40. The molecule has 1 aromatic rings. The number of fused-ring (bicyclic) bond motifs is 2. The van der Waals surface area contributed by atoms with Crippen molar-refractivity contribution in [1.82, 2.24) is 5.32 Å². The lowest BCUT2D eigenvalue weighted by atomic mass is 10.0. The van der Waals surface area contributed by atoms with E-state index in [1.807, 2.05) is 0 Å². The van der Waals surface area contributed by atoms with Crippen molar-refractivity contribution in [3.8, 4) is 5.75 Å². The van der Waals surface area contributed by atoms with Crippen LogP contribution in [0.15, 0.2) is 12.1 Å². The molecule has 0 amide bonds. The minimum atomic E-state index is 0.0606. The lowest BCUT2D eigenvalue weighted by molar-refractivity contribution is 0.325. The topological polar surface area (TPSA) is 21.3 Å². The molecule has 0 saturated heterocycles. The van der Waals surface area contributed by atoms with Gasteiger partial charge in [-0.1, -0.05) is 6.07 Å². The van der Waals surface area contributed by atoms with Gasteiger partial charge in [-0.05, 0) is 22.8 Å². The molecule has 1 unspecified atom stereocenters. The third-order valence-electron chi connectivity index (χ3n) is 2.67. The zero-order valence-corrected chi connectivity index (χ0v) is 8.10. The second-order valence-electron chi connectivity index (χ2n) is 3.61. The molecule has 2 aliphatic rings. The van der Waals surface area contributed by atoms with Gasteiger partial charge in [0.15, 0.2) is 0 Å². The third kappa shape index (κ3) is 1.15. The molecule has 1 aromatic carbocycles. The third-order valence-corrected chi connectivity index (χ3v) is 2.96. The van der Waals surface area contributed by atoms with Gasteiger partial charge < -0.3 is 10.1 Å². The van der Waals surface area contributed by atoms with E-state index in [4.69, 9.17) is 4.74 Å². The summed E-state index contributed by atoms with van der Waals surface area (Å²) in [4.78, 5) is 0. The monoisotopic (exact) mass is 193 g/mol. The first-order valence-electron chi connectivity index (χ1n) is 4.53. The van der Waals surface area contributed by atoms with Crippen molar-refractivity contribution in [3.05, 3.63) is 28.8 Å². The summed E-state index contributed by atoms with van der Waals surface area (Å²) >= 11 is 4.32. The fourth-order valence-electron chi connectivity index (χ4n) is 2.02. The van der Waals surface area contributed by atoms with Crippen LogP contribution in [-0.2, 0) is 19.5 Å². The fourth-order valence-corrected chi connectivity index (χ4v) is 2.33. The van der Waals surface area contributed by atoms with Crippen molar-refractivity contribution < 1.29 is 4.74 Å². The molecule has 0 spiro atoms. The first kappa shape index (κ1) is 7.71. The minimum Gasteiger partial charge on any atom is -0.479 e. The van der Waals surface area contributed by atoms with Gasteiger partial charge in [-0.15, -0.1) is 12.6 Å². The van der Waals surface area contributed by atoms with Crippen LogP contribution >= 0.6 is 12.6 Å². The van der Waals surface area contributed by atoms with Gasteiger partial charge in [-0.2, -0.15) is 0 Å². The Morgan fingerprint density at radius 2 is 2.00 bits per heavy atom. The second-order valence-corrected chi connectivity index (χ2v) is 4.18. The molecule has 2 nitrogen and oxygen atoms in total. The number of benzene rings is 1. The average Bonchev–Trinajstić information content (AvgIpc) is 2.63. The highest BCUT2D eigenvalue weighted by molar-refractivity contribution is 7.80. The molecule has 0 saturated carbocycles. The number of thiol groups is 1. The molecule has 0 aromatic heterocycles. The van der Waals surface area contributed by atoms with Crippen LogP contribution in [0, 0.1) is 0 Å². The Bertz CT molecular complexity index is 331. The molecule has 0 bridgehead atoms. The van der Waals surface area contributed by atoms with E-state index < -0.39 is 0 Å². The van der Waals surface area contributed by atoms with Crippen LogP contribution in [-0.4, -0.2) is 5.44 Å². The maximum atomic E-state index is 5.57. The highest BCUT2D eigenvalue weighted by Gasteiger charge is 2.22. The van der Waals surface area contributed by atoms with Crippen LogP contribution in [0.4, 0.5) is 0 Å². The van der Waals surface area contributed by atoms with E-state index >= 15 is 0 Å². The summed E-state index contributed by atoms with van der Waals surface area (Å²) in [5.41, 5.74) is 4.17. The molecule has 2 aliphatic heterocycles. The van der Waals surface area contributed by atoms with Crippen molar-refractivity contribution >= 4 is 12.6 Å². The smallest absolute Gasteiger partial charge is 0.145 e. The molecule has 2 heterocycles. The molecule has 0 fully saturated rings. The van der Waals surface area contributed by atoms with E-state index in [0.29, 0.717) is 0 Å². The Morgan fingerprint density at radius 3 is 2.85 bits per heavy atom. The summed E-state index contributed by atoms with van der Waals surface area (Å²) in [5.74, 6) is 1.03. The van der Waals surface area contributed by atoms with Gasteiger partial charge in [0, 0.05) is 19.5 Å². The number of rotatable bonds is 0. The van der Waals surface area contributed by atoms with Gasteiger partial charge in [0.1, 0.15) is 11.2 Å². The highest BCUT2D eigenvalue weighted by atomic mass is 32.1. The molecule has 13 heavy (non-hydrogen) atoms. The van der Waals surface area contributed by atoms with E-state index in [1.165, 1.54) is 16.7 Å². The Morgan fingerprint density at radius 1 is 1.23 bits per heavy atom. The minimum absolute atomic E-state index is 0.0606. The van der Waals surface area contributed by atoms with E-state index in [-0.39, 0.29) is 5.44 Å².